The molecular weight excluding hydrogens is 505 g/mol. The van der Waals surface area contributed by atoms with Gasteiger partial charge in [0.05, 0.1) is 0 Å². The Labute approximate surface area is 230 Å². The van der Waals surface area contributed by atoms with Gasteiger partial charge >= 0.3 is 6.16 Å². The van der Waals surface area contributed by atoms with Crippen LogP contribution in [0.25, 0.3) is 0 Å². The van der Waals surface area contributed by atoms with E-state index in [4.69, 9.17) is 9.47 Å². The number of ether oxygens (including phenoxy) is 2. The normalized spacial score (nSPS) is 15.7. The molecule has 0 spiro atoms. The van der Waals surface area contributed by atoms with Crippen molar-refractivity contribution in [2.45, 2.75) is 38.5 Å². The maximum Gasteiger partial charge on any atom is 0.514 e. The van der Waals surface area contributed by atoms with Gasteiger partial charge in [-0.3, -0.25) is 4.79 Å². The van der Waals surface area contributed by atoms with Crippen LogP contribution in [0.5, 0.6) is 5.75 Å². The first-order valence-corrected chi connectivity index (χ1v) is 15.0. The van der Waals surface area contributed by atoms with E-state index >= 15 is 0 Å². The highest BCUT2D eigenvalue weighted by atomic mass is 31.2. The summed E-state index contributed by atoms with van der Waals surface area (Å²) in [6.45, 7) is 5.98. The molecule has 5 rings (SSSR count). The van der Waals surface area contributed by atoms with E-state index in [0.29, 0.717) is 12.3 Å². The summed E-state index contributed by atoms with van der Waals surface area (Å²) in [6, 6.07) is 38.6. The second kappa shape index (κ2) is 11.0. The van der Waals surface area contributed by atoms with Gasteiger partial charge in [0.1, 0.15) is 34.5 Å². The second-order valence-corrected chi connectivity index (χ2v) is 14.2. The van der Waals surface area contributed by atoms with Gasteiger partial charge in [0.25, 0.3) is 5.91 Å². The average Bonchev–Trinajstić information content (AvgIpc) is 3.32. The predicted octanol–water partition coefficient (Wildman–Crippen LogP) is 6.10. The molecule has 5 nitrogen and oxygen atoms in total. The molecular formula is C33H33NO4P+. The van der Waals surface area contributed by atoms with E-state index in [1.165, 1.54) is 15.9 Å². The molecule has 1 atom stereocenters. The highest BCUT2D eigenvalue weighted by molar-refractivity contribution is 7.97. The largest absolute Gasteiger partial charge is 0.514 e. The van der Waals surface area contributed by atoms with Crippen molar-refractivity contribution in [3.8, 4) is 5.75 Å². The van der Waals surface area contributed by atoms with Gasteiger partial charge in [-0.15, -0.1) is 0 Å². The van der Waals surface area contributed by atoms with Crippen molar-refractivity contribution in [2.24, 2.45) is 0 Å². The number of hydrogen-bond donors (Lipinski definition) is 0. The smallest absolute Gasteiger partial charge is 0.428 e. The van der Waals surface area contributed by atoms with Crippen LogP contribution in [0.1, 0.15) is 27.2 Å². The number of hydrogen-bond acceptors (Lipinski definition) is 4. The molecule has 0 unspecified atom stereocenters. The van der Waals surface area contributed by atoms with Gasteiger partial charge in [-0.25, -0.2) is 4.79 Å². The molecule has 39 heavy (non-hydrogen) atoms. The summed E-state index contributed by atoms with van der Waals surface area (Å²) in [4.78, 5) is 28.3. The van der Waals surface area contributed by atoms with Crippen LogP contribution in [-0.2, 0) is 9.53 Å². The Bertz CT molecular complexity index is 1320. The first-order chi connectivity index (χ1) is 18.8. The molecule has 0 aromatic heterocycles. The number of benzene rings is 4. The van der Waals surface area contributed by atoms with Gasteiger partial charge in [-0.2, -0.15) is 0 Å². The summed E-state index contributed by atoms with van der Waals surface area (Å²) >= 11 is 0. The van der Waals surface area contributed by atoms with Crippen molar-refractivity contribution in [3.05, 3.63) is 115 Å². The maximum atomic E-state index is 14.3. The molecule has 6 heteroatoms. The summed E-state index contributed by atoms with van der Waals surface area (Å²) in [5.74, 6) is 0.483. The summed E-state index contributed by atoms with van der Waals surface area (Å²) in [5, 5.41) is 3.59. The molecule has 0 N–H and O–H groups in total. The SMILES string of the molecule is CC(C)(C)OC(=O)Oc1ccc(N2CC[C@@H]([P+](c3ccccc3)(c3ccccc3)c3ccccc3)C2=O)cc1. The van der Waals surface area contributed by atoms with Crippen LogP contribution >= 0.6 is 7.26 Å². The fourth-order valence-electron chi connectivity index (χ4n) is 5.32. The van der Waals surface area contributed by atoms with Crippen molar-refractivity contribution in [1.29, 1.82) is 0 Å². The number of carbonyl (C=O) groups is 2. The Balaban J connectivity index is 1.51. The van der Waals surface area contributed by atoms with Crippen molar-refractivity contribution >= 4 is 40.9 Å². The molecule has 1 aliphatic heterocycles. The van der Waals surface area contributed by atoms with Gasteiger partial charge in [0.15, 0.2) is 5.66 Å². The minimum Gasteiger partial charge on any atom is -0.428 e. The van der Waals surface area contributed by atoms with Gasteiger partial charge in [-0.05, 0) is 81.4 Å². The molecule has 1 aliphatic rings. The van der Waals surface area contributed by atoms with Gasteiger partial charge in [-0.1, -0.05) is 54.6 Å². The number of anilines is 1. The van der Waals surface area contributed by atoms with Crippen LogP contribution < -0.4 is 25.6 Å². The third kappa shape index (κ3) is 5.46. The van der Waals surface area contributed by atoms with E-state index in [-0.39, 0.29) is 11.6 Å². The lowest BCUT2D eigenvalue weighted by Gasteiger charge is -2.32. The minimum atomic E-state index is -2.34. The molecule has 1 fully saturated rings. The van der Waals surface area contributed by atoms with Crippen molar-refractivity contribution < 1.29 is 19.1 Å². The van der Waals surface area contributed by atoms with Crippen LogP contribution in [0.15, 0.2) is 115 Å². The number of nitrogens with zero attached hydrogens (tertiary/aromatic N) is 1. The lowest BCUT2D eigenvalue weighted by atomic mass is 10.2. The molecule has 0 radical (unpaired) electrons. The minimum absolute atomic E-state index is 0.112. The number of rotatable bonds is 6. The molecule has 0 aliphatic carbocycles. The zero-order valence-corrected chi connectivity index (χ0v) is 23.4. The quantitative estimate of drug-likeness (QED) is 0.169. The molecule has 4 aromatic carbocycles. The lowest BCUT2D eigenvalue weighted by Crippen LogP contribution is -2.42. The van der Waals surface area contributed by atoms with Crippen molar-refractivity contribution in [1.82, 2.24) is 0 Å². The summed E-state index contributed by atoms with van der Waals surface area (Å²) in [6.07, 6.45) is -0.0164. The summed E-state index contributed by atoms with van der Waals surface area (Å²) < 4.78 is 10.6. The van der Waals surface area contributed by atoms with E-state index in [1.54, 1.807) is 32.9 Å². The van der Waals surface area contributed by atoms with Crippen LogP contribution in [-0.4, -0.2) is 29.9 Å². The second-order valence-electron chi connectivity index (χ2n) is 10.6. The fourth-order valence-corrected chi connectivity index (χ4v) is 10.2. The van der Waals surface area contributed by atoms with Crippen LogP contribution in [0.4, 0.5) is 10.5 Å². The summed E-state index contributed by atoms with van der Waals surface area (Å²) in [7, 11) is -2.34. The Morgan fingerprint density at radius 2 is 1.21 bits per heavy atom. The van der Waals surface area contributed by atoms with Gasteiger partial charge < -0.3 is 14.4 Å². The van der Waals surface area contributed by atoms with Gasteiger partial charge in [0.2, 0.25) is 0 Å². The lowest BCUT2D eigenvalue weighted by molar-refractivity contribution is -0.116. The number of amides is 1. The Morgan fingerprint density at radius 1 is 0.744 bits per heavy atom. The summed E-state index contributed by atoms with van der Waals surface area (Å²) in [5.41, 5.74) is -0.0615. The van der Waals surface area contributed by atoms with Gasteiger partial charge in [0, 0.05) is 18.7 Å². The van der Waals surface area contributed by atoms with Crippen LogP contribution in [0, 0.1) is 0 Å². The molecule has 0 bridgehead atoms. The molecule has 4 aromatic rings. The van der Waals surface area contributed by atoms with Crippen molar-refractivity contribution in [2.75, 3.05) is 11.4 Å². The molecule has 1 saturated heterocycles. The first-order valence-electron chi connectivity index (χ1n) is 13.2. The van der Waals surface area contributed by atoms with E-state index < -0.39 is 19.0 Å². The van der Waals surface area contributed by atoms with Crippen LogP contribution in [0.2, 0.25) is 0 Å². The monoisotopic (exact) mass is 538 g/mol. The van der Waals surface area contributed by atoms with E-state index in [2.05, 4.69) is 72.8 Å². The van der Waals surface area contributed by atoms with Crippen molar-refractivity contribution in [3.63, 3.8) is 0 Å². The van der Waals surface area contributed by atoms with Crippen LogP contribution in [0.3, 0.4) is 0 Å². The fraction of sp³-hybridized carbons (Fsp3) is 0.212. The Hall–Kier alpha value is -3.95. The topological polar surface area (TPSA) is 55.8 Å². The molecule has 198 valence electrons. The average molecular weight is 539 g/mol. The van der Waals surface area contributed by atoms with E-state index in [1.807, 2.05) is 35.2 Å². The van der Waals surface area contributed by atoms with E-state index in [0.717, 1.165) is 12.1 Å². The Morgan fingerprint density at radius 3 is 1.64 bits per heavy atom. The van der Waals surface area contributed by atoms with E-state index in [9.17, 15) is 9.59 Å². The zero-order chi connectivity index (χ0) is 27.5. The molecule has 0 saturated carbocycles. The number of carbonyl (C=O) groups excluding carboxylic acids is 2. The highest BCUT2D eigenvalue weighted by Crippen LogP contribution is 2.62. The molecule has 1 amide bonds. The maximum absolute atomic E-state index is 14.3. The third-order valence-corrected chi connectivity index (χ3v) is 11.6. The Kier molecular flexibility index (Phi) is 7.54. The first kappa shape index (κ1) is 26.6. The predicted molar refractivity (Wildman–Crippen MR) is 159 cm³/mol. The zero-order valence-electron chi connectivity index (χ0n) is 22.5. The third-order valence-electron chi connectivity index (χ3n) is 6.87. The highest BCUT2D eigenvalue weighted by Gasteiger charge is 2.58. The standard InChI is InChI=1S/C33H33NO4P/c1-33(2,3)38-32(36)37-26-21-19-25(20-22-26)34-24-23-30(31(34)35)39(27-13-7-4-8-14-27,28-15-9-5-10-16-28)29-17-11-6-12-18-29/h4-22,30H,23-24H2,1-3H3/q+1/t30-/m1/s1. The molecule has 1 heterocycles.